The summed E-state index contributed by atoms with van der Waals surface area (Å²) in [6.45, 7) is 2.49. The van der Waals surface area contributed by atoms with Gasteiger partial charge in [0.05, 0.1) is 0 Å². The zero-order chi connectivity index (χ0) is 10.6. The molecule has 1 aromatic carbocycles. The lowest BCUT2D eigenvalue weighted by Crippen LogP contribution is -2.24. The van der Waals surface area contributed by atoms with E-state index in [1.54, 1.807) is 7.05 Å². The lowest BCUT2D eigenvalue weighted by molar-refractivity contribution is 0.254. The van der Waals surface area contributed by atoms with Crippen LogP contribution in [0.4, 0.5) is 10.5 Å². The van der Waals surface area contributed by atoms with Gasteiger partial charge in [-0.15, -0.1) is 0 Å². The van der Waals surface area contributed by atoms with Gasteiger partial charge in [0.15, 0.2) is 0 Å². The molecule has 4 N–H and O–H groups in total. The van der Waals surface area contributed by atoms with Gasteiger partial charge in [-0.05, 0) is 30.2 Å². The number of urea groups is 1. The standard InChI is InChI=1S/C10H15N3O/c1-7-5-9(13-10(14)12-2)4-3-8(7)6-11/h3-5H,6,11H2,1-2H3,(H2,12,13,14). The molecule has 1 aromatic rings. The molecule has 1 rings (SSSR count). The summed E-state index contributed by atoms with van der Waals surface area (Å²) in [4.78, 5) is 11.0. The van der Waals surface area contributed by atoms with E-state index in [9.17, 15) is 4.79 Å². The Kier molecular flexibility index (Phi) is 3.48. The van der Waals surface area contributed by atoms with Gasteiger partial charge in [-0.25, -0.2) is 4.79 Å². The molecular weight excluding hydrogens is 178 g/mol. The van der Waals surface area contributed by atoms with E-state index in [0.29, 0.717) is 6.54 Å². The number of nitrogens with one attached hydrogen (secondary N) is 2. The molecule has 0 saturated heterocycles. The Hall–Kier alpha value is -1.55. The molecule has 0 aliphatic rings. The van der Waals surface area contributed by atoms with E-state index in [1.807, 2.05) is 25.1 Å². The maximum atomic E-state index is 11.0. The largest absolute Gasteiger partial charge is 0.341 e. The first-order valence-electron chi connectivity index (χ1n) is 4.45. The summed E-state index contributed by atoms with van der Waals surface area (Å²) < 4.78 is 0. The van der Waals surface area contributed by atoms with Crippen LogP contribution in [0.25, 0.3) is 0 Å². The van der Waals surface area contributed by atoms with E-state index < -0.39 is 0 Å². The lowest BCUT2D eigenvalue weighted by atomic mass is 10.1. The van der Waals surface area contributed by atoms with Crippen molar-refractivity contribution in [3.63, 3.8) is 0 Å². The van der Waals surface area contributed by atoms with Crippen molar-refractivity contribution in [1.82, 2.24) is 5.32 Å². The van der Waals surface area contributed by atoms with Crippen LogP contribution in [-0.2, 0) is 6.54 Å². The Bertz CT molecular complexity index is 336. The van der Waals surface area contributed by atoms with E-state index in [0.717, 1.165) is 16.8 Å². The van der Waals surface area contributed by atoms with Gasteiger partial charge in [0.1, 0.15) is 0 Å². The van der Waals surface area contributed by atoms with Crippen LogP contribution in [0.2, 0.25) is 0 Å². The van der Waals surface area contributed by atoms with E-state index in [4.69, 9.17) is 5.73 Å². The number of carbonyl (C=O) groups is 1. The fourth-order valence-electron chi connectivity index (χ4n) is 1.20. The first-order chi connectivity index (χ1) is 6.67. The third kappa shape index (κ3) is 2.47. The molecule has 0 bridgehead atoms. The molecule has 2 amide bonds. The second-order valence-corrected chi connectivity index (χ2v) is 3.05. The van der Waals surface area contributed by atoms with Gasteiger partial charge in [-0.1, -0.05) is 6.07 Å². The van der Waals surface area contributed by atoms with Crippen LogP contribution in [0.15, 0.2) is 18.2 Å². The van der Waals surface area contributed by atoms with Crippen LogP contribution < -0.4 is 16.4 Å². The summed E-state index contributed by atoms with van der Waals surface area (Å²) in [5, 5.41) is 5.18. The maximum absolute atomic E-state index is 11.0. The molecule has 0 aliphatic heterocycles. The third-order valence-corrected chi connectivity index (χ3v) is 2.05. The van der Waals surface area contributed by atoms with Crippen molar-refractivity contribution in [3.8, 4) is 0 Å². The Labute approximate surface area is 83.5 Å². The Morgan fingerprint density at radius 3 is 2.71 bits per heavy atom. The topological polar surface area (TPSA) is 67.2 Å². The number of rotatable bonds is 2. The Morgan fingerprint density at radius 1 is 1.50 bits per heavy atom. The highest BCUT2D eigenvalue weighted by Crippen LogP contribution is 2.14. The monoisotopic (exact) mass is 193 g/mol. The molecule has 0 spiro atoms. The van der Waals surface area contributed by atoms with Crippen LogP contribution in [0.5, 0.6) is 0 Å². The smallest absolute Gasteiger partial charge is 0.318 e. The van der Waals surface area contributed by atoms with Crippen molar-refractivity contribution >= 4 is 11.7 Å². The van der Waals surface area contributed by atoms with Gasteiger partial charge in [-0.2, -0.15) is 0 Å². The van der Waals surface area contributed by atoms with Gasteiger partial charge < -0.3 is 16.4 Å². The molecule has 14 heavy (non-hydrogen) atoms. The van der Waals surface area contributed by atoms with Crippen molar-refractivity contribution in [2.24, 2.45) is 5.73 Å². The van der Waals surface area contributed by atoms with E-state index in [-0.39, 0.29) is 6.03 Å². The molecule has 4 heteroatoms. The Balaban J connectivity index is 2.81. The minimum atomic E-state index is -0.218. The number of benzene rings is 1. The van der Waals surface area contributed by atoms with Gasteiger partial charge in [0.25, 0.3) is 0 Å². The number of amides is 2. The molecular formula is C10H15N3O. The van der Waals surface area contributed by atoms with Crippen LogP contribution in [-0.4, -0.2) is 13.1 Å². The summed E-state index contributed by atoms with van der Waals surface area (Å²) >= 11 is 0. The van der Waals surface area contributed by atoms with Crippen LogP contribution in [0, 0.1) is 6.92 Å². The molecule has 0 heterocycles. The first-order valence-corrected chi connectivity index (χ1v) is 4.45. The Morgan fingerprint density at radius 2 is 2.21 bits per heavy atom. The van der Waals surface area contributed by atoms with Crippen molar-refractivity contribution in [2.45, 2.75) is 13.5 Å². The highest BCUT2D eigenvalue weighted by molar-refractivity contribution is 5.89. The van der Waals surface area contributed by atoms with Gasteiger partial charge >= 0.3 is 6.03 Å². The number of nitrogens with two attached hydrogens (primary N) is 1. The molecule has 76 valence electrons. The minimum Gasteiger partial charge on any atom is -0.341 e. The van der Waals surface area contributed by atoms with Gasteiger partial charge in [-0.3, -0.25) is 0 Å². The number of hydrogen-bond donors (Lipinski definition) is 3. The van der Waals surface area contributed by atoms with Crippen LogP contribution in [0.1, 0.15) is 11.1 Å². The van der Waals surface area contributed by atoms with E-state index in [1.165, 1.54) is 0 Å². The number of hydrogen-bond acceptors (Lipinski definition) is 2. The number of aryl methyl sites for hydroxylation is 1. The molecule has 0 atom stereocenters. The fraction of sp³-hybridized carbons (Fsp3) is 0.300. The maximum Gasteiger partial charge on any atom is 0.318 e. The van der Waals surface area contributed by atoms with Gasteiger partial charge in [0.2, 0.25) is 0 Å². The lowest BCUT2D eigenvalue weighted by Gasteiger charge is -2.07. The molecule has 0 unspecified atom stereocenters. The van der Waals surface area contributed by atoms with Gasteiger partial charge in [0, 0.05) is 19.3 Å². The van der Waals surface area contributed by atoms with Crippen molar-refractivity contribution < 1.29 is 4.79 Å². The van der Waals surface area contributed by atoms with E-state index >= 15 is 0 Å². The molecule has 4 nitrogen and oxygen atoms in total. The third-order valence-electron chi connectivity index (χ3n) is 2.05. The predicted molar refractivity (Wildman–Crippen MR) is 57.1 cm³/mol. The molecule has 0 radical (unpaired) electrons. The van der Waals surface area contributed by atoms with E-state index in [2.05, 4.69) is 10.6 Å². The van der Waals surface area contributed by atoms with Crippen molar-refractivity contribution in [1.29, 1.82) is 0 Å². The number of carbonyl (C=O) groups excluding carboxylic acids is 1. The highest BCUT2D eigenvalue weighted by Gasteiger charge is 2.00. The van der Waals surface area contributed by atoms with Crippen molar-refractivity contribution in [3.05, 3.63) is 29.3 Å². The average Bonchev–Trinajstić information content (AvgIpc) is 2.18. The van der Waals surface area contributed by atoms with Crippen LogP contribution >= 0.6 is 0 Å². The fourth-order valence-corrected chi connectivity index (χ4v) is 1.20. The average molecular weight is 193 g/mol. The predicted octanol–water partition coefficient (Wildman–Crippen LogP) is 1.21. The molecule has 0 saturated carbocycles. The summed E-state index contributed by atoms with van der Waals surface area (Å²) in [5.74, 6) is 0. The molecule has 0 aromatic heterocycles. The number of anilines is 1. The molecule has 0 fully saturated rings. The normalized spacial score (nSPS) is 9.64. The highest BCUT2D eigenvalue weighted by atomic mass is 16.2. The van der Waals surface area contributed by atoms with Crippen LogP contribution in [0.3, 0.4) is 0 Å². The SMILES string of the molecule is CNC(=O)Nc1ccc(CN)c(C)c1. The summed E-state index contributed by atoms with van der Waals surface area (Å²) in [7, 11) is 1.58. The first kappa shape index (κ1) is 10.5. The zero-order valence-electron chi connectivity index (χ0n) is 8.42. The van der Waals surface area contributed by atoms with Crippen molar-refractivity contribution in [2.75, 3.05) is 12.4 Å². The summed E-state index contributed by atoms with van der Waals surface area (Å²) in [5.41, 5.74) is 8.48. The summed E-state index contributed by atoms with van der Waals surface area (Å²) in [6.07, 6.45) is 0. The minimum absolute atomic E-state index is 0.218. The zero-order valence-corrected chi connectivity index (χ0v) is 8.42. The second kappa shape index (κ2) is 4.62. The second-order valence-electron chi connectivity index (χ2n) is 3.05. The quantitative estimate of drug-likeness (QED) is 0.660. The summed E-state index contributed by atoms with van der Waals surface area (Å²) in [6, 6.07) is 5.44. The molecule has 0 aliphatic carbocycles.